The Morgan fingerprint density at radius 3 is 2.25 bits per heavy atom. The van der Waals surface area contributed by atoms with Crippen LogP contribution in [0.15, 0.2) is 18.2 Å². The van der Waals surface area contributed by atoms with Gasteiger partial charge in [0.15, 0.2) is 5.60 Å². The third-order valence-corrected chi connectivity index (χ3v) is 5.74. The van der Waals surface area contributed by atoms with Gasteiger partial charge in [0.2, 0.25) is 0 Å². The van der Waals surface area contributed by atoms with Crippen molar-refractivity contribution in [1.82, 2.24) is 4.90 Å². The molecule has 2 fully saturated rings. The summed E-state index contributed by atoms with van der Waals surface area (Å²) < 4.78 is 12.2. The SMILES string of the molecule is Cc1ccc(B2OC(C)(C)C(C)(C)O2)cc1[C@@]1(O)CCN(C)C1=O. The summed E-state index contributed by atoms with van der Waals surface area (Å²) in [7, 11) is 1.21. The van der Waals surface area contributed by atoms with Crippen molar-refractivity contribution in [2.24, 2.45) is 0 Å². The van der Waals surface area contributed by atoms with E-state index in [0.717, 1.165) is 11.0 Å². The number of aryl methyl sites for hydroxylation is 1. The highest BCUT2D eigenvalue weighted by Gasteiger charge is 2.52. The summed E-state index contributed by atoms with van der Waals surface area (Å²) in [5.74, 6) is -0.253. The number of benzene rings is 1. The van der Waals surface area contributed by atoms with Gasteiger partial charge in [0.05, 0.1) is 11.2 Å². The van der Waals surface area contributed by atoms with Crippen molar-refractivity contribution in [2.45, 2.75) is 57.8 Å². The second kappa shape index (κ2) is 5.31. The Labute approximate surface area is 144 Å². The first-order valence-electron chi connectivity index (χ1n) is 8.42. The van der Waals surface area contributed by atoms with E-state index in [2.05, 4.69) is 0 Å². The number of nitrogens with zero attached hydrogens (tertiary/aromatic N) is 1. The van der Waals surface area contributed by atoms with E-state index in [0.29, 0.717) is 18.5 Å². The first kappa shape index (κ1) is 17.5. The number of rotatable bonds is 2. The summed E-state index contributed by atoms with van der Waals surface area (Å²) in [4.78, 5) is 14.0. The Morgan fingerprint density at radius 1 is 1.17 bits per heavy atom. The monoisotopic (exact) mass is 331 g/mol. The second-order valence-electron chi connectivity index (χ2n) is 8.00. The largest absolute Gasteiger partial charge is 0.494 e. The van der Waals surface area contributed by atoms with Crippen LogP contribution in [0, 0.1) is 6.92 Å². The molecule has 0 unspecified atom stereocenters. The molecule has 2 heterocycles. The molecule has 5 nitrogen and oxygen atoms in total. The van der Waals surface area contributed by atoms with Crippen molar-refractivity contribution in [1.29, 1.82) is 0 Å². The standard InChI is InChI=1S/C18H26BNO4/c1-12-7-8-13(19-23-16(2,3)17(4,5)24-19)11-14(12)18(22)9-10-20(6)15(18)21/h7-8,11,22H,9-10H2,1-6H3/t18-/m0/s1. The molecule has 2 aliphatic heterocycles. The number of likely N-dealkylation sites (N-methyl/N-ethyl adjacent to an activating group) is 1. The predicted molar refractivity (Wildman–Crippen MR) is 93.0 cm³/mol. The highest BCUT2D eigenvalue weighted by atomic mass is 16.7. The van der Waals surface area contributed by atoms with E-state index in [1.165, 1.54) is 0 Å². The highest BCUT2D eigenvalue weighted by molar-refractivity contribution is 6.62. The fourth-order valence-electron chi connectivity index (χ4n) is 3.31. The average molecular weight is 331 g/mol. The number of amides is 1. The van der Waals surface area contributed by atoms with Crippen LogP contribution in [0.5, 0.6) is 0 Å². The smallest absolute Gasteiger partial charge is 0.399 e. The van der Waals surface area contributed by atoms with Crippen LogP contribution in [0.2, 0.25) is 0 Å². The molecule has 2 saturated heterocycles. The van der Waals surface area contributed by atoms with Gasteiger partial charge < -0.3 is 19.3 Å². The minimum absolute atomic E-state index is 0.253. The lowest BCUT2D eigenvalue weighted by molar-refractivity contribution is -0.143. The van der Waals surface area contributed by atoms with Gasteiger partial charge in [-0.2, -0.15) is 0 Å². The van der Waals surface area contributed by atoms with Gasteiger partial charge in [-0.1, -0.05) is 18.2 Å². The molecule has 3 rings (SSSR count). The molecule has 0 bridgehead atoms. The van der Waals surface area contributed by atoms with Crippen molar-refractivity contribution in [3.05, 3.63) is 29.3 Å². The lowest BCUT2D eigenvalue weighted by atomic mass is 9.75. The number of hydrogen-bond donors (Lipinski definition) is 1. The number of aliphatic hydroxyl groups is 1. The summed E-state index contributed by atoms with van der Waals surface area (Å²) in [6.45, 7) is 10.5. The van der Waals surface area contributed by atoms with E-state index in [1.807, 2.05) is 52.8 Å². The molecule has 1 aromatic rings. The predicted octanol–water partition coefficient (Wildman–Crippen LogP) is 1.34. The van der Waals surface area contributed by atoms with Crippen LogP contribution >= 0.6 is 0 Å². The molecule has 0 saturated carbocycles. The summed E-state index contributed by atoms with van der Waals surface area (Å²) in [5.41, 5.74) is 0.0420. The Bertz CT molecular complexity index is 672. The zero-order valence-corrected chi connectivity index (χ0v) is 15.3. The Balaban J connectivity index is 1.98. The van der Waals surface area contributed by atoms with Gasteiger partial charge in [-0.05, 0) is 51.2 Å². The van der Waals surface area contributed by atoms with Crippen LogP contribution in [-0.4, -0.2) is 47.8 Å². The van der Waals surface area contributed by atoms with Crippen molar-refractivity contribution >= 4 is 18.5 Å². The van der Waals surface area contributed by atoms with Crippen molar-refractivity contribution in [3.8, 4) is 0 Å². The number of carbonyl (C=O) groups is 1. The molecule has 24 heavy (non-hydrogen) atoms. The lowest BCUT2D eigenvalue weighted by Gasteiger charge is -2.32. The van der Waals surface area contributed by atoms with E-state index in [4.69, 9.17) is 9.31 Å². The van der Waals surface area contributed by atoms with Crippen LogP contribution in [0.1, 0.15) is 45.2 Å². The zero-order chi connectivity index (χ0) is 17.9. The maximum atomic E-state index is 12.4. The van der Waals surface area contributed by atoms with Gasteiger partial charge in [0.1, 0.15) is 0 Å². The molecule has 1 N–H and O–H groups in total. The quantitative estimate of drug-likeness (QED) is 0.831. The maximum absolute atomic E-state index is 12.4. The minimum Gasteiger partial charge on any atom is -0.399 e. The molecule has 0 spiro atoms. The lowest BCUT2D eigenvalue weighted by Crippen LogP contribution is -2.41. The number of likely N-dealkylation sites (tertiary alicyclic amines) is 1. The van der Waals surface area contributed by atoms with Crippen LogP contribution in [0.25, 0.3) is 0 Å². The third kappa shape index (κ3) is 2.48. The molecule has 6 heteroatoms. The van der Waals surface area contributed by atoms with Gasteiger partial charge in [0.25, 0.3) is 5.91 Å². The maximum Gasteiger partial charge on any atom is 0.494 e. The Hall–Kier alpha value is -1.37. The Morgan fingerprint density at radius 2 is 1.75 bits per heavy atom. The summed E-state index contributed by atoms with van der Waals surface area (Å²) in [6.07, 6.45) is 0.399. The van der Waals surface area contributed by atoms with Crippen molar-refractivity contribution < 1.29 is 19.2 Å². The molecule has 2 aliphatic rings. The van der Waals surface area contributed by atoms with Crippen LogP contribution < -0.4 is 5.46 Å². The second-order valence-corrected chi connectivity index (χ2v) is 8.00. The van der Waals surface area contributed by atoms with Gasteiger partial charge in [0, 0.05) is 20.0 Å². The van der Waals surface area contributed by atoms with Gasteiger partial charge in [-0.3, -0.25) is 4.79 Å². The normalized spacial score (nSPS) is 28.7. The zero-order valence-electron chi connectivity index (χ0n) is 15.3. The van der Waals surface area contributed by atoms with Gasteiger partial charge in [-0.25, -0.2) is 0 Å². The first-order valence-corrected chi connectivity index (χ1v) is 8.42. The van der Waals surface area contributed by atoms with Crippen molar-refractivity contribution in [2.75, 3.05) is 13.6 Å². The molecule has 0 aromatic heterocycles. The average Bonchev–Trinajstić information content (AvgIpc) is 2.87. The topological polar surface area (TPSA) is 59.0 Å². The molecule has 0 radical (unpaired) electrons. The highest BCUT2D eigenvalue weighted by Crippen LogP contribution is 2.38. The minimum atomic E-state index is -1.46. The fraction of sp³-hybridized carbons (Fsp3) is 0.611. The van der Waals surface area contributed by atoms with E-state index in [9.17, 15) is 9.90 Å². The van der Waals surface area contributed by atoms with Crippen LogP contribution in [-0.2, 0) is 19.7 Å². The van der Waals surface area contributed by atoms with E-state index >= 15 is 0 Å². The molecule has 1 aromatic carbocycles. The molecule has 130 valence electrons. The third-order valence-electron chi connectivity index (χ3n) is 5.74. The van der Waals surface area contributed by atoms with Crippen LogP contribution in [0.3, 0.4) is 0 Å². The summed E-state index contributed by atoms with van der Waals surface area (Å²) >= 11 is 0. The Kier molecular flexibility index (Phi) is 3.87. The van der Waals surface area contributed by atoms with Crippen LogP contribution in [0.4, 0.5) is 0 Å². The van der Waals surface area contributed by atoms with E-state index < -0.39 is 23.9 Å². The summed E-state index contributed by atoms with van der Waals surface area (Å²) in [5, 5.41) is 11.0. The summed E-state index contributed by atoms with van der Waals surface area (Å²) in [6, 6.07) is 5.71. The van der Waals surface area contributed by atoms with E-state index in [-0.39, 0.29) is 5.91 Å². The number of hydrogen-bond acceptors (Lipinski definition) is 4. The molecule has 1 atom stereocenters. The van der Waals surface area contributed by atoms with Gasteiger partial charge in [-0.15, -0.1) is 0 Å². The number of carbonyl (C=O) groups excluding carboxylic acids is 1. The molecular weight excluding hydrogens is 305 g/mol. The van der Waals surface area contributed by atoms with E-state index in [1.54, 1.807) is 11.9 Å². The first-order chi connectivity index (χ1) is 11.0. The molecular formula is C18H26BNO4. The fourth-order valence-corrected chi connectivity index (χ4v) is 3.31. The van der Waals surface area contributed by atoms with Gasteiger partial charge >= 0.3 is 7.12 Å². The molecule has 1 amide bonds. The molecule has 0 aliphatic carbocycles. The van der Waals surface area contributed by atoms with Crippen molar-refractivity contribution in [3.63, 3.8) is 0 Å².